The number of nitrogens with zero attached hydrogens (tertiary/aromatic N) is 2. The second-order valence-electron chi connectivity index (χ2n) is 6.49. The Morgan fingerprint density at radius 2 is 1.87 bits per heavy atom. The Kier molecular flexibility index (Phi) is 5.52. The van der Waals surface area contributed by atoms with Crippen LogP contribution in [0.2, 0.25) is 0 Å². The molecule has 0 bridgehead atoms. The molecule has 0 saturated heterocycles. The molecule has 1 heterocycles. The molecule has 1 atom stereocenters. The van der Waals surface area contributed by atoms with Crippen molar-refractivity contribution in [1.29, 1.82) is 5.26 Å². The van der Waals surface area contributed by atoms with Gasteiger partial charge in [-0.05, 0) is 42.8 Å². The molecule has 0 fully saturated rings. The number of anilines is 1. The minimum atomic E-state index is -4.59. The first-order valence-corrected chi connectivity index (χ1v) is 8.74. The van der Waals surface area contributed by atoms with Gasteiger partial charge in [-0.25, -0.2) is 9.59 Å². The number of carbonyl (C=O) groups is 2. The molecule has 1 aliphatic rings. The summed E-state index contributed by atoms with van der Waals surface area (Å²) in [5.41, 5.74) is 0.157. The zero-order valence-electron chi connectivity index (χ0n) is 15.9. The quantitative estimate of drug-likeness (QED) is 0.758. The zero-order valence-corrected chi connectivity index (χ0v) is 15.9. The van der Waals surface area contributed by atoms with Gasteiger partial charge in [0.15, 0.2) is 0 Å². The molecule has 154 valence electrons. The summed E-state index contributed by atoms with van der Waals surface area (Å²) in [6, 6.07) is 10.9. The standard InChI is InChI=1S/C21H16F3N3O3/c1-12-17(19(28)30-2)18(14-8-6-13(11-25)7-9-14)26-20(29)27(12)16-5-3-4-15(10-16)21(22,23)24/h3-10,18H,1-2H3,(H,26,29). The third-order valence-corrected chi connectivity index (χ3v) is 4.69. The lowest BCUT2D eigenvalue weighted by Gasteiger charge is -2.35. The molecule has 2 aromatic rings. The summed E-state index contributed by atoms with van der Waals surface area (Å²) in [5.74, 6) is -0.737. The molecule has 0 aliphatic carbocycles. The molecular weight excluding hydrogens is 399 g/mol. The monoisotopic (exact) mass is 415 g/mol. The SMILES string of the molecule is COC(=O)C1=C(C)N(c2cccc(C(F)(F)F)c2)C(=O)NC1c1ccc(C#N)cc1. The van der Waals surface area contributed by atoms with Gasteiger partial charge in [0, 0.05) is 5.70 Å². The molecule has 0 aromatic heterocycles. The van der Waals surface area contributed by atoms with E-state index in [0.717, 1.165) is 17.0 Å². The van der Waals surface area contributed by atoms with Crippen molar-refractivity contribution in [2.45, 2.75) is 19.1 Å². The first kappa shape index (κ1) is 20.9. The van der Waals surface area contributed by atoms with Crippen LogP contribution in [0.25, 0.3) is 0 Å². The number of urea groups is 1. The van der Waals surface area contributed by atoms with Crippen LogP contribution in [0.3, 0.4) is 0 Å². The summed E-state index contributed by atoms with van der Waals surface area (Å²) in [6.07, 6.45) is -4.59. The number of esters is 1. The lowest BCUT2D eigenvalue weighted by Crippen LogP contribution is -2.48. The minimum absolute atomic E-state index is 0.0421. The number of hydrogen-bond acceptors (Lipinski definition) is 4. The van der Waals surface area contributed by atoms with Crippen molar-refractivity contribution < 1.29 is 27.5 Å². The summed E-state index contributed by atoms with van der Waals surface area (Å²) in [5, 5.41) is 11.6. The van der Waals surface area contributed by atoms with Crippen LogP contribution in [0.4, 0.5) is 23.7 Å². The predicted molar refractivity (Wildman–Crippen MR) is 101 cm³/mol. The zero-order chi connectivity index (χ0) is 22.1. The number of hydrogen-bond donors (Lipinski definition) is 1. The second-order valence-corrected chi connectivity index (χ2v) is 6.49. The van der Waals surface area contributed by atoms with Gasteiger partial charge in [-0.1, -0.05) is 18.2 Å². The summed E-state index contributed by atoms with van der Waals surface area (Å²) >= 11 is 0. The van der Waals surface area contributed by atoms with Crippen LogP contribution >= 0.6 is 0 Å². The number of benzene rings is 2. The van der Waals surface area contributed by atoms with Crippen LogP contribution in [0.15, 0.2) is 59.8 Å². The van der Waals surface area contributed by atoms with E-state index >= 15 is 0 Å². The number of methoxy groups -OCH3 is 1. The molecule has 1 aliphatic heterocycles. The second kappa shape index (κ2) is 7.91. The van der Waals surface area contributed by atoms with Crippen LogP contribution < -0.4 is 10.2 Å². The molecule has 2 aromatic carbocycles. The van der Waals surface area contributed by atoms with E-state index in [1.54, 1.807) is 12.1 Å². The van der Waals surface area contributed by atoms with Crippen molar-refractivity contribution in [3.63, 3.8) is 0 Å². The molecule has 6 nitrogen and oxygen atoms in total. The Hall–Kier alpha value is -3.80. The van der Waals surface area contributed by atoms with Crippen LogP contribution in [0, 0.1) is 11.3 Å². The van der Waals surface area contributed by atoms with E-state index in [1.165, 1.54) is 38.3 Å². The number of rotatable bonds is 3. The maximum absolute atomic E-state index is 13.1. The number of halogens is 3. The normalized spacial score (nSPS) is 16.7. The Balaban J connectivity index is 2.13. The number of amides is 2. The Morgan fingerprint density at radius 1 is 1.20 bits per heavy atom. The molecule has 3 rings (SSSR count). The molecule has 0 spiro atoms. The van der Waals surface area contributed by atoms with Gasteiger partial charge < -0.3 is 10.1 Å². The summed E-state index contributed by atoms with van der Waals surface area (Å²) < 4.78 is 44.2. The number of ether oxygens (including phenoxy) is 1. The Morgan fingerprint density at radius 3 is 2.43 bits per heavy atom. The van der Waals surface area contributed by atoms with Crippen molar-refractivity contribution in [1.82, 2.24) is 5.32 Å². The van der Waals surface area contributed by atoms with Crippen molar-refractivity contribution in [3.8, 4) is 6.07 Å². The molecule has 0 radical (unpaired) electrons. The van der Waals surface area contributed by atoms with Gasteiger partial charge in [0.1, 0.15) is 0 Å². The third kappa shape index (κ3) is 3.85. The lowest BCUT2D eigenvalue weighted by atomic mass is 9.94. The average Bonchev–Trinajstić information content (AvgIpc) is 2.72. The van der Waals surface area contributed by atoms with Gasteiger partial charge in [-0.15, -0.1) is 0 Å². The fourth-order valence-corrected chi connectivity index (χ4v) is 3.25. The predicted octanol–water partition coefficient (Wildman–Crippen LogP) is 4.29. The maximum Gasteiger partial charge on any atom is 0.416 e. The highest BCUT2D eigenvalue weighted by molar-refractivity contribution is 6.03. The summed E-state index contributed by atoms with van der Waals surface area (Å²) in [4.78, 5) is 26.3. The molecular formula is C21H16F3N3O3. The van der Waals surface area contributed by atoms with Gasteiger partial charge in [0.05, 0.1) is 41.6 Å². The Labute approximate surface area is 170 Å². The highest BCUT2D eigenvalue weighted by Crippen LogP contribution is 2.36. The van der Waals surface area contributed by atoms with Gasteiger partial charge in [0.25, 0.3) is 0 Å². The van der Waals surface area contributed by atoms with E-state index in [0.29, 0.717) is 11.1 Å². The van der Waals surface area contributed by atoms with Gasteiger partial charge >= 0.3 is 18.2 Å². The maximum atomic E-state index is 13.1. The van der Waals surface area contributed by atoms with Crippen LogP contribution in [-0.4, -0.2) is 19.1 Å². The van der Waals surface area contributed by atoms with Crippen molar-refractivity contribution in [3.05, 3.63) is 76.5 Å². The van der Waals surface area contributed by atoms with E-state index < -0.39 is 29.8 Å². The average molecular weight is 415 g/mol. The molecule has 0 saturated carbocycles. The van der Waals surface area contributed by atoms with Crippen LogP contribution in [0.1, 0.15) is 29.7 Å². The minimum Gasteiger partial charge on any atom is -0.466 e. The van der Waals surface area contributed by atoms with Gasteiger partial charge in [-0.3, -0.25) is 4.90 Å². The highest BCUT2D eigenvalue weighted by Gasteiger charge is 2.38. The fraction of sp³-hybridized carbons (Fsp3) is 0.190. The summed E-state index contributed by atoms with van der Waals surface area (Å²) in [6.45, 7) is 1.46. The Bertz CT molecular complexity index is 1070. The largest absolute Gasteiger partial charge is 0.466 e. The lowest BCUT2D eigenvalue weighted by molar-refractivity contribution is -0.138. The van der Waals surface area contributed by atoms with E-state index in [9.17, 15) is 22.8 Å². The number of alkyl halides is 3. The van der Waals surface area contributed by atoms with Crippen LogP contribution in [-0.2, 0) is 15.7 Å². The fourth-order valence-electron chi connectivity index (χ4n) is 3.25. The third-order valence-electron chi connectivity index (χ3n) is 4.69. The summed E-state index contributed by atoms with van der Waals surface area (Å²) in [7, 11) is 1.17. The molecule has 30 heavy (non-hydrogen) atoms. The number of allylic oxidation sites excluding steroid dienone is 1. The van der Waals surface area contributed by atoms with E-state index in [4.69, 9.17) is 10.00 Å². The molecule has 1 N–H and O–H groups in total. The van der Waals surface area contributed by atoms with Crippen molar-refractivity contribution >= 4 is 17.7 Å². The smallest absolute Gasteiger partial charge is 0.416 e. The number of nitriles is 1. The first-order valence-electron chi connectivity index (χ1n) is 8.74. The molecule has 9 heteroatoms. The van der Waals surface area contributed by atoms with Crippen LogP contribution in [0.5, 0.6) is 0 Å². The molecule has 1 unspecified atom stereocenters. The van der Waals surface area contributed by atoms with Crippen molar-refractivity contribution in [2.75, 3.05) is 12.0 Å². The van der Waals surface area contributed by atoms with Gasteiger partial charge in [0.2, 0.25) is 0 Å². The van der Waals surface area contributed by atoms with Gasteiger partial charge in [-0.2, -0.15) is 18.4 Å². The number of nitrogens with one attached hydrogen (secondary N) is 1. The highest BCUT2D eigenvalue weighted by atomic mass is 19.4. The van der Waals surface area contributed by atoms with Crippen molar-refractivity contribution in [2.24, 2.45) is 0 Å². The van der Waals surface area contributed by atoms with E-state index in [2.05, 4.69) is 5.32 Å². The molecule has 2 amide bonds. The van der Waals surface area contributed by atoms with E-state index in [-0.39, 0.29) is 17.0 Å². The topological polar surface area (TPSA) is 82.4 Å². The first-order chi connectivity index (χ1) is 14.2. The number of carbonyl (C=O) groups excluding carboxylic acids is 2. The van der Waals surface area contributed by atoms with E-state index in [1.807, 2.05) is 6.07 Å².